The van der Waals surface area contributed by atoms with Crippen LogP contribution in [0.5, 0.6) is 0 Å². The molecule has 0 radical (unpaired) electrons. The van der Waals surface area contributed by atoms with Crippen molar-refractivity contribution < 1.29 is 17.9 Å². The Bertz CT molecular complexity index is 359. The summed E-state index contributed by atoms with van der Waals surface area (Å²) in [5.41, 5.74) is 0. The monoisotopic (exact) mass is 264 g/mol. The molecule has 1 aliphatic heterocycles. The van der Waals surface area contributed by atoms with Crippen molar-refractivity contribution in [3.05, 3.63) is 0 Å². The Labute approximate surface area is 102 Å². The van der Waals surface area contributed by atoms with Gasteiger partial charge in [-0.2, -0.15) is 4.31 Å². The minimum atomic E-state index is -3.58. The maximum atomic E-state index is 12.1. The normalized spacial score (nSPS) is 26.8. The molecule has 0 aromatic carbocycles. The summed E-state index contributed by atoms with van der Waals surface area (Å²) in [7, 11) is -3.58. The summed E-state index contributed by atoms with van der Waals surface area (Å²) < 4.78 is 30.3. The Kier molecular flexibility index (Phi) is 4.91. The van der Waals surface area contributed by atoms with Crippen molar-refractivity contribution in [1.29, 1.82) is 0 Å². The summed E-state index contributed by atoms with van der Waals surface area (Å²) in [5.74, 6) is -1.26. The average Bonchev–Trinajstić information content (AvgIpc) is 2.15. The third kappa shape index (κ3) is 3.65. The Morgan fingerprint density at radius 2 is 1.88 bits per heavy atom. The smallest absolute Gasteiger partial charge is 0.322 e. The molecule has 0 aromatic heterocycles. The number of hydrogen-bond donors (Lipinski definition) is 1. The van der Waals surface area contributed by atoms with Crippen molar-refractivity contribution in [2.45, 2.75) is 32.9 Å². The van der Waals surface area contributed by atoms with Gasteiger partial charge < -0.3 is 10.1 Å². The van der Waals surface area contributed by atoms with Crippen molar-refractivity contribution in [3.8, 4) is 0 Å². The van der Waals surface area contributed by atoms with Gasteiger partial charge in [-0.1, -0.05) is 0 Å². The molecule has 1 saturated heterocycles. The van der Waals surface area contributed by atoms with Crippen molar-refractivity contribution >= 4 is 16.0 Å². The highest BCUT2D eigenvalue weighted by atomic mass is 32.2. The van der Waals surface area contributed by atoms with E-state index >= 15 is 0 Å². The molecule has 2 unspecified atom stereocenters. The van der Waals surface area contributed by atoms with E-state index in [1.54, 1.807) is 6.92 Å². The molecular weight excluding hydrogens is 244 g/mol. The first-order valence-electron chi connectivity index (χ1n) is 5.76. The summed E-state index contributed by atoms with van der Waals surface area (Å²) >= 11 is 0. The summed E-state index contributed by atoms with van der Waals surface area (Å²) in [6.07, 6.45) is 0. The van der Waals surface area contributed by atoms with Crippen LogP contribution in [0, 0.1) is 0 Å². The second-order valence-electron chi connectivity index (χ2n) is 4.25. The highest BCUT2D eigenvalue weighted by Gasteiger charge is 2.36. The molecule has 1 heterocycles. The number of nitrogens with zero attached hydrogens (tertiary/aromatic N) is 1. The van der Waals surface area contributed by atoms with E-state index in [2.05, 4.69) is 10.1 Å². The number of esters is 1. The second-order valence-corrected chi connectivity index (χ2v) is 6.12. The topological polar surface area (TPSA) is 75.7 Å². The van der Waals surface area contributed by atoms with Crippen LogP contribution >= 0.6 is 0 Å². The van der Waals surface area contributed by atoms with Crippen LogP contribution in [0.1, 0.15) is 20.8 Å². The number of rotatable bonds is 4. The van der Waals surface area contributed by atoms with Crippen LogP contribution in [0.2, 0.25) is 0 Å². The number of sulfonamides is 1. The zero-order valence-electron chi connectivity index (χ0n) is 10.5. The molecule has 0 aromatic rings. The molecule has 6 nitrogen and oxygen atoms in total. The van der Waals surface area contributed by atoms with Gasteiger partial charge in [0.1, 0.15) is 0 Å². The predicted molar refractivity (Wildman–Crippen MR) is 64.1 cm³/mol. The Morgan fingerprint density at radius 1 is 1.35 bits per heavy atom. The predicted octanol–water partition coefficient (Wildman–Crippen LogP) is -0.438. The van der Waals surface area contributed by atoms with Gasteiger partial charge in [0.05, 0.1) is 6.61 Å². The molecule has 1 aliphatic rings. The average molecular weight is 264 g/mol. The van der Waals surface area contributed by atoms with E-state index in [1.165, 1.54) is 4.31 Å². The lowest BCUT2D eigenvalue weighted by atomic mass is 10.2. The van der Waals surface area contributed by atoms with Gasteiger partial charge in [0.2, 0.25) is 10.0 Å². The molecule has 1 rings (SSSR count). The molecule has 1 fully saturated rings. The molecule has 17 heavy (non-hydrogen) atoms. The van der Waals surface area contributed by atoms with E-state index in [9.17, 15) is 13.2 Å². The Morgan fingerprint density at radius 3 is 2.35 bits per heavy atom. The van der Waals surface area contributed by atoms with E-state index in [-0.39, 0.29) is 18.7 Å². The minimum Gasteiger partial charge on any atom is -0.465 e. The van der Waals surface area contributed by atoms with Gasteiger partial charge in [-0.25, -0.2) is 8.42 Å². The first kappa shape index (κ1) is 14.4. The van der Waals surface area contributed by atoms with Gasteiger partial charge in [0.15, 0.2) is 5.75 Å². The number of nitrogens with one attached hydrogen (secondary N) is 1. The lowest BCUT2D eigenvalue weighted by Crippen LogP contribution is -2.58. The lowest BCUT2D eigenvalue weighted by Gasteiger charge is -2.37. The highest BCUT2D eigenvalue weighted by Crippen LogP contribution is 2.15. The van der Waals surface area contributed by atoms with Crippen molar-refractivity contribution in [1.82, 2.24) is 9.62 Å². The quantitative estimate of drug-likeness (QED) is 0.697. The van der Waals surface area contributed by atoms with Crippen LogP contribution in [-0.4, -0.2) is 56.2 Å². The van der Waals surface area contributed by atoms with E-state index in [4.69, 9.17) is 0 Å². The SMILES string of the molecule is CCOC(=O)CS(=O)(=O)N1C(C)CNCC1C. The molecule has 2 atom stereocenters. The first-order valence-corrected chi connectivity index (χ1v) is 7.37. The van der Waals surface area contributed by atoms with Crippen molar-refractivity contribution in [2.24, 2.45) is 0 Å². The molecule has 1 N–H and O–H groups in total. The molecule has 0 bridgehead atoms. The number of carbonyl (C=O) groups is 1. The Hall–Kier alpha value is -0.660. The van der Waals surface area contributed by atoms with Gasteiger partial charge in [0.25, 0.3) is 0 Å². The largest absolute Gasteiger partial charge is 0.465 e. The third-order valence-electron chi connectivity index (χ3n) is 2.68. The maximum Gasteiger partial charge on any atom is 0.322 e. The van der Waals surface area contributed by atoms with E-state index in [0.717, 1.165) is 0 Å². The Balaban J connectivity index is 2.77. The maximum absolute atomic E-state index is 12.1. The number of piperazine rings is 1. The van der Waals surface area contributed by atoms with Crippen LogP contribution in [0.3, 0.4) is 0 Å². The van der Waals surface area contributed by atoms with Gasteiger partial charge in [-0.15, -0.1) is 0 Å². The third-order valence-corrected chi connectivity index (χ3v) is 4.64. The molecule has 0 saturated carbocycles. The number of carbonyl (C=O) groups excluding carboxylic acids is 1. The lowest BCUT2D eigenvalue weighted by molar-refractivity contribution is -0.140. The molecular formula is C10H20N2O4S. The van der Waals surface area contributed by atoms with Crippen LogP contribution < -0.4 is 5.32 Å². The fourth-order valence-electron chi connectivity index (χ4n) is 2.09. The fourth-order valence-corrected chi connectivity index (χ4v) is 3.87. The van der Waals surface area contributed by atoms with E-state index < -0.39 is 21.7 Å². The second kappa shape index (κ2) is 5.79. The summed E-state index contributed by atoms with van der Waals surface area (Å²) in [4.78, 5) is 11.3. The van der Waals surface area contributed by atoms with Crippen molar-refractivity contribution in [3.63, 3.8) is 0 Å². The molecule has 0 aliphatic carbocycles. The fraction of sp³-hybridized carbons (Fsp3) is 0.900. The van der Waals surface area contributed by atoms with Crippen LogP contribution in [0.25, 0.3) is 0 Å². The molecule has 0 amide bonds. The molecule has 0 spiro atoms. The minimum absolute atomic E-state index is 0.141. The number of hydrogen-bond acceptors (Lipinski definition) is 5. The van der Waals surface area contributed by atoms with E-state index in [1.807, 2.05) is 13.8 Å². The van der Waals surface area contributed by atoms with Gasteiger partial charge in [-0.05, 0) is 20.8 Å². The summed E-state index contributed by atoms with van der Waals surface area (Å²) in [6.45, 7) is 6.71. The zero-order valence-corrected chi connectivity index (χ0v) is 11.3. The van der Waals surface area contributed by atoms with Gasteiger partial charge in [0, 0.05) is 25.2 Å². The molecule has 100 valence electrons. The summed E-state index contributed by atoms with van der Waals surface area (Å²) in [5, 5.41) is 3.14. The number of ether oxygens (including phenoxy) is 1. The van der Waals surface area contributed by atoms with E-state index in [0.29, 0.717) is 13.1 Å². The van der Waals surface area contributed by atoms with Crippen LogP contribution in [0.15, 0.2) is 0 Å². The van der Waals surface area contributed by atoms with Crippen LogP contribution in [-0.2, 0) is 19.6 Å². The molecule has 7 heteroatoms. The van der Waals surface area contributed by atoms with Gasteiger partial charge >= 0.3 is 5.97 Å². The first-order chi connectivity index (χ1) is 7.88. The standard InChI is InChI=1S/C10H20N2O4S/c1-4-16-10(13)7-17(14,15)12-8(2)5-11-6-9(12)3/h8-9,11H,4-7H2,1-3H3. The van der Waals surface area contributed by atoms with Crippen LogP contribution in [0.4, 0.5) is 0 Å². The van der Waals surface area contributed by atoms with Crippen molar-refractivity contribution in [2.75, 3.05) is 25.4 Å². The zero-order chi connectivity index (χ0) is 13.1. The highest BCUT2D eigenvalue weighted by molar-refractivity contribution is 7.89. The summed E-state index contributed by atoms with van der Waals surface area (Å²) in [6, 6.07) is -0.281. The van der Waals surface area contributed by atoms with Gasteiger partial charge in [-0.3, -0.25) is 4.79 Å².